The Balaban J connectivity index is 1.68. The maximum atomic E-state index is 5.67. The Morgan fingerprint density at radius 2 is 1.75 bits per heavy atom. The van der Waals surface area contributed by atoms with Gasteiger partial charge < -0.3 is 15.2 Å². The SMILES string of the molecule is NCc1cccc(CSc2ccc3c(c2)OCCO3)c1. The highest BCUT2D eigenvalue weighted by Crippen LogP contribution is 2.35. The van der Waals surface area contributed by atoms with Gasteiger partial charge in [0.25, 0.3) is 0 Å². The average Bonchev–Trinajstić information content (AvgIpc) is 2.53. The number of ether oxygens (including phenoxy) is 2. The number of fused-ring (bicyclic) bond motifs is 1. The molecule has 2 aromatic rings. The number of rotatable bonds is 4. The zero-order chi connectivity index (χ0) is 13.8. The fraction of sp³-hybridized carbons (Fsp3) is 0.250. The van der Waals surface area contributed by atoms with Gasteiger partial charge in [0.1, 0.15) is 13.2 Å². The normalized spacial score (nSPS) is 13.2. The first-order valence-electron chi connectivity index (χ1n) is 6.65. The van der Waals surface area contributed by atoms with Crippen LogP contribution in [0.25, 0.3) is 0 Å². The van der Waals surface area contributed by atoms with Crippen molar-refractivity contribution in [3.05, 3.63) is 53.6 Å². The molecule has 3 nitrogen and oxygen atoms in total. The second kappa shape index (κ2) is 6.20. The Labute approximate surface area is 123 Å². The molecule has 0 aliphatic carbocycles. The number of nitrogens with two attached hydrogens (primary N) is 1. The molecule has 0 spiro atoms. The second-order valence-electron chi connectivity index (χ2n) is 4.62. The van der Waals surface area contributed by atoms with Crippen molar-refractivity contribution in [2.45, 2.75) is 17.2 Å². The third-order valence-corrected chi connectivity index (χ3v) is 4.21. The Hall–Kier alpha value is -1.65. The fourth-order valence-electron chi connectivity index (χ4n) is 2.13. The van der Waals surface area contributed by atoms with E-state index in [1.165, 1.54) is 16.0 Å². The van der Waals surface area contributed by atoms with Crippen molar-refractivity contribution in [2.75, 3.05) is 13.2 Å². The average molecular weight is 287 g/mol. The van der Waals surface area contributed by atoms with Crippen molar-refractivity contribution >= 4 is 11.8 Å². The standard InChI is InChI=1S/C16H17NO2S/c17-10-12-2-1-3-13(8-12)11-20-14-4-5-15-16(9-14)19-7-6-18-15/h1-5,8-9H,6-7,10-11,17H2. The number of hydrogen-bond acceptors (Lipinski definition) is 4. The van der Waals surface area contributed by atoms with Gasteiger partial charge in [-0.1, -0.05) is 24.3 Å². The lowest BCUT2D eigenvalue weighted by Gasteiger charge is -2.18. The smallest absolute Gasteiger partial charge is 0.162 e. The zero-order valence-corrected chi connectivity index (χ0v) is 12.0. The Kier molecular flexibility index (Phi) is 4.14. The van der Waals surface area contributed by atoms with E-state index >= 15 is 0 Å². The van der Waals surface area contributed by atoms with Crippen LogP contribution in [0.3, 0.4) is 0 Å². The summed E-state index contributed by atoms with van der Waals surface area (Å²) in [5.74, 6) is 2.61. The summed E-state index contributed by atoms with van der Waals surface area (Å²) < 4.78 is 11.1. The molecule has 3 rings (SSSR count). The van der Waals surface area contributed by atoms with Crippen LogP contribution in [0.2, 0.25) is 0 Å². The fourth-order valence-corrected chi connectivity index (χ4v) is 2.99. The Morgan fingerprint density at radius 1 is 0.950 bits per heavy atom. The van der Waals surface area contributed by atoms with Crippen molar-refractivity contribution in [3.8, 4) is 11.5 Å². The molecule has 0 amide bonds. The molecule has 0 aromatic heterocycles. The van der Waals surface area contributed by atoms with Gasteiger partial charge in [-0.05, 0) is 29.3 Å². The summed E-state index contributed by atoms with van der Waals surface area (Å²) in [6.45, 7) is 1.84. The number of thioether (sulfide) groups is 1. The summed E-state index contributed by atoms with van der Waals surface area (Å²) in [5, 5.41) is 0. The highest BCUT2D eigenvalue weighted by molar-refractivity contribution is 7.98. The minimum Gasteiger partial charge on any atom is -0.486 e. The molecule has 1 aliphatic heterocycles. The Bertz CT molecular complexity index is 601. The summed E-state index contributed by atoms with van der Waals surface area (Å²) in [7, 11) is 0. The van der Waals surface area contributed by atoms with E-state index in [0.717, 1.165) is 17.3 Å². The van der Waals surface area contributed by atoms with Crippen LogP contribution >= 0.6 is 11.8 Å². The molecule has 0 radical (unpaired) electrons. The first kappa shape index (κ1) is 13.3. The molecule has 1 aliphatic rings. The van der Waals surface area contributed by atoms with Gasteiger partial charge >= 0.3 is 0 Å². The predicted molar refractivity (Wildman–Crippen MR) is 81.3 cm³/mol. The first-order valence-corrected chi connectivity index (χ1v) is 7.64. The van der Waals surface area contributed by atoms with Gasteiger partial charge in [0, 0.05) is 17.2 Å². The molecule has 20 heavy (non-hydrogen) atoms. The summed E-state index contributed by atoms with van der Waals surface area (Å²) in [6.07, 6.45) is 0. The lowest BCUT2D eigenvalue weighted by atomic mass is 10.1. The van der Waals surface area contributed by atoms with Crippen LogP contribution in [0.15, 0.2) is 47.4 Å². The monoisotopic (exact) mass is 287 g/mol. The molecule has 0 bridgehead atoms. The molecular weight excluding hydrogens is 270 g/mol. The maximum Gasteiger partial charge on any atom is 0.162 e. The van der Waals surface area contributed by atoms with Crippen molar-refractivity contribution in [1.82, 2.24) is 0 Å². The van der Waals surface area contributed by atoms with Gasteiger partial charge in [-0.15, -0.1) is 11.8 Å². The van der Waals surface area contributed by atoms with Crippen LogP contribution < -0.4 is 15.2 Å². The van der Waals surface area contributed by atoms with Crippen LogP contribution in [0.4, 0.5) is 0 Å². The van der Waals surface area contributed by atoms with E-state index in [0.29, 0.717) is 19.8 Å². The van der Waals surface area contributed by atoms with Crippen LogP contribution in [0, 0.1) is 0 Å². The maximum absolute atomic E-state index is 5.67. The van der Waals surface area contributed by atoms with E-state index in [9.17, 15) is 0 Å². The first-order chi connectivity index (χ1) is 9.85. The lowest BCUT2D eigenvalue weighted by Crippen LogP contribution is -2.15. The van der Waals surface area contributed by atoms with Gasteiger partial charge in [-0.3, -0.25) is 0 Å². The van der Waals surface area contributed by atoms with Crippen LogP contribution in [0.5, 0.6) is 11.5 Å². The van der Waals surface area contributed by atoms with Crippen LogP contribution in [-0.2, 0) is 12.3 Å². The summed E-state index contributed by atoms with van der Waals surface area (Å²) in [6, 6.07) is 14.5. The molecule has 0 atom stereocenters. The minimum atomic E-state index is 0.586. The van der Waals surface area contributed by atoms with E-state index in [4.69, 9.17) is 15.2 Å². The summed E-state index contributed by atoms with van der Waals surface area (Å²) in [5.41, 5.74) is 8.12. The van der Waals surface area contributed by atoms with Crippen LogP contribution in [-0.4, -0.2) is 13.2 Å². The molecular formula is C16H17NO2S. The second-order valence-corrected chi connectivity index (χ2v) is 5.67. The highest BCUT2D eigenvalue weighted by Gasteiger charge is 2.11. The molecule has 0 saturated heterocycles. The van der Waals surface area contributed by atoms with Crippen LogP contribution in [0.1, 0.15) is 11.1 Å². The minimum absolute atomic E-state index is 0.586. The molecule has 104 valence electrons. The molecule has 2 N–H and O–H groups in total. The molecule has 1 heterocycles. The number of benzene rings is 2. The van der Waals surface area contributed by atoms with Gasteiger partial charge in [-0.2, -0.15) is 0 Å². The Morgan fingerprint density at radius 3 is 2.60 bits per heavy atom. The van der Waals surface area contributed by atoms with E-state index in [1.54, 1.807) is 11.8 Å². The van der Waals surface area contributed by atoms with Gasteiger partial charge in [0.05, 0.1) is 0 Å². The van der Waals surface area contributed by atoms with E-state index in [1.807, 2.05) is 12.1 Å². The van der Waals surface area contributed by atoms with E-state index in [-0.39, 0.29) is 0 Å². The molecule has 4 heteroatoms. The van der Waals surface area contributed by atoms with Gasteiger partial charge in [-0.25, -0.2) is 0 Å². The van der Waals surface area contributed by atoms with E-state index in [2.05, 4.69) is 30.3 Å². The van der Waals surface area contributed by atoms with Gasteiger partial charge in [0.15, 0.2) is 11.5 Å². The lowest BCUT2D eigenvalue weighted by molar-refractivity contribution is 0.171. The molecule has 2 aromatic carbocycles. The largest absolute Gasteiger partial charge is 0.486 e. The van der Waals surface area contributed by atoms with Crippen molar-refractivity contribution in [3.63, 3.8) is 0 Å². The van der Waals surface area contributed by atoms with Crippen molar-refractivity contribution < 1.29 is 9.47 Å². The zero-order valence-electron chi connectivity index (χ0n) is 11.2. The van der Waals surface area contributed by atoms with Crippen molar-refractivity contribution in [1.29, 1.82) is 0 Å². The third kappa shape index (κ3) is 3.08. The summed E-state index contributed by atoms with van der Waals surface area (Å²) >= 11 is 1.79. The number of hydrogen-bond donors (Lipinski definition) is 1. The van der Waals surface area contributed by atoms with Crippen molar-refractivity contribution in [2.24, 2.45) is 5.73 Å². The topological polar surface area (TPSA) is 44.5 Å². The molecule has 0 saturated carbocycles. The quantitative estimate of drug-likeness (QED) is 0.877. The third-order valence-electron chi connectivity index (χ3n) is 3.15. The highest BCUT2D eigenvalue weighted by atomic mass is 32.2. The van der Waals surface area contributed by atoms with Gasteiger partial charge in [0.2, 0.25) is 0 Å². The van der Waals surface area contributed by atoms with E-state index < -0.39 is 0 Å². The summed E-state index contributed by atoms with van der Waals surface area (Å²) in [4.78, 5) is 1.19. The molecule has 0 fully saturated rings. The predicted octanol–water partition coefficient (Wildman–Crippen LogP) is 3.21. The molecule has 0 unspecified atom stereocenters.